The van der Waals surface area contributed by atoms with Crippen LogP contribution in [0.15, 0.2) is 47.4 Å². The molecule has 1 fully saturated rings. The van der Waals surface area contributed by atoms with E-state index in [2.05, 4.69) is 10.6 Å². The molecule has 2 amide bonds. The van der Waals surface area contributed by atoms with Crippen molar-refractivity contribution in [1.29, 1.82) is 0 Å². The van der Waals surface area contributed by atoms with E-state index in [0.717, 1.165) is 31.2 Å². The largest absolute Gasteiger partial charge is 0.352 e. The highest BCUT2D eigenvalue weighted by Crippen LogP contribution is 2.29. The van der Waals surface area contributed by atoms with Crippen molar-refractivity contribution in [2.24, 2.45) is 5.92 Å². The standard InChI is InChI=1S/C25H31N3O4S/c1-2-14-26-25(30)22-8-3-4-9-23(22)27-24(29)19-12-15-28(16-13-19)33(31,32)21-11-10-18-6-5-7-20(18)17-21/h3-4,8-11,17,19H,2,5-7,12-16H2,1H3,(H,26,30)(H,27,29). The highest BCUT2D eigenvalue weighted by molar-refractivity contribution is 7.89. The molecule has 0 unspecified atom stereocenters. The fourth-order valence-corrected chi connectivity index (χ4v) is 6.10. The Hall–Kier alpha value is -2.71. The minimum Gasteiger partial charge on any atom is -0.352 e. The van der Waals surface area contributed by atoms with Gasteiger partial charge in [-0.05, 0) is 73.9 Å². The molecule has 0 atom stereocenters. The summed E-state index contributed by atoms with van der Waals surface area (Å²) in [6.07, 6.45) is 4.73. The number of nitrogens with zero attached hydrogens (tertiary/aromatic N) is 1. The summed E-state index contributed by atoms with van der Waals surface area (Å²) < 4.78 is 27.8. The quantitative estimate of drug-likeness (QED) is 0.650. The van der Waals surface area contributed by atoms with Gasteiger partial charge in [-0.15, -0.1) is 0 Å². The van der Waals surface area contributed by atoms with Crippen molar-refractivity contribution >= 4 is 27.5 Å². The van der Waals surface area contributed by atoms with Crippen LogP contribution in [0.4, 0.5) is 5.69 Å². The number of sulfonamides is 1. The van der Waals surface area contributed by atoms with Gasteiger partial charge in [-0.3, -0.25) is 9.59 Å². The number of nitrogens with one attached hydrogen (secondary N) is 2. The molecule has 1 aliphatic carbocycles. The maximum Gasteiger partial charge on any atom is 0.253 e. The molecule has 1 aliphatic heterocycles. The van der Waals surface area contributed by atoms with Gasteiger partial charge in [0.05, 0.1) is 16.1 Å². The Balaban J connectivity index is 1.38. The first-order chi connectivity index (χ1) is 15.9. The number of carbonyl (C=O) groups is 2. The average molecular weight is 470 g/mol. The first kappa shape index (κ1) is 23.4. The number of para-hydroxylation sites is 1. The lowest BCUT2D eigenvalue weighted by Gasteiger charge is -2.30. The third kappa shape index (κ3) is 5.12. The van der Waals surface area contributed by atoms with Crippen molar-refractivity contribution in [3.05, 3.63) is 59.2 Å². The molecule has 0 bridgehead atoms. The first-order valence-corrected chi connectivity index (χ1v) is 13.1. The van der Waals surface area contributed by atoms with Crippen molar-refractivity contribution < 1.29 is 18.0 Å². The summed E-state index contributed by atoms with van der Waals surface area (Å²) in [4.78, 5) is 25.7. The molecule has 1 saturated heterocycles. The Morgan fingerprint density at radius 2 is 1.76 bits per heavy atom. The number of hydrogen-bond acceptors (Lipinski definition) is 4. The Labute approximate surface area is 195 Å². The Morgan fingerprint density at radius 1 is 1.03 bits per heavy atom. The summed E-state index contributed by atoms with van der Waals surface area (Å²) in [7, 11) is -3.57. The minimum atomic E-state index is -3.57. The van der Waals surface area contributed by atoms with E-state index in [0.29, 0.717) is 48.6 Å². The molecule has 33 heavy (non-hydrogen) atoms. The van der Waals surface area contributed by atoms with Crippen LogP contribution in [0.25, 0.3) is 0 Å². The number of piperidine rings is 1. The van der Waals surface area contributed by atoms with Gasteiger partial charge < -0.3 is 10.6 Å². The summed E-state index contributed by atoms with van der Waals surface area (Å²) in [6.45, 7) is 3.15. The van der Waals surface area contributed by atoms with E-state index in [1.165, 1.54) is 9.87 Å². The van der Waals surface area contributed by atoms with Crippen LogP contribution < -0.4 is 10.6 Å². The van der Waals surface area contributed by atoms with Gasteiger partial charge in [0, 0.05) is 25.6 Å². The molecule has 2 aromatic rings. The van der Waals surface area contributed by atoms with Gasteiger partial charge in [0.1, 0.15) is 0 Å². The molecule has 0 radical (unpaired) electrons. The van der Waals surface area contributed by atoms with Crippen molar-refractivity contribution in [3.63, 3.8) is 0 Å². The predicted octanol–water partition coefficient (Wildman–Crippen LogP) is 3.35. The summed E-state index contributed by atoms with van der Waals surface area (Å²) >= 11 is 0. The molecule has 8 heteroatoms. The van der Waals surface area contributed by atoms with Crippen LogP contribution in [0.2, 0.25) is 0 Å². The first-order valence-electron chi connectivity index (χ1n) is 11.7. The maximum absolute atomic E-state index is 13.1. The van der Waals surface area contributed by atoms with Gasteiger partial charge in [-0.2, -0.15) is 4.31 Å². The summed E-state index contributed by atoms with van der Waals surface area (Å²) in [5.41, 5.74) is 3.28. The Bertz CT molecular complexity index is 1140. The molecular weight excluding hydrogens is 438 g/mol. The van der Waals surface area contributed by atoms with Gasteiger partial charge in [-0.25, -0.2) is 8.42 Å². The Morgan fingerprint density at radius 3 is 2.52 bits per heavy atom. The molecule has 1 heterocycles. The number of anilines is 1. The second kappa shape index (κ2) is 10.1. The van der Waals surface area contributed by atoms with E-state index >= 15 is 0 Å². The predicted molar refractivity (Wildman–Crippen MR) is 128 cm³/mol. The molecule has 0 aromatic heterocycles. The van der Waals surface area contributed by atoms with Gasteiger partial charge in [0.25, 0.3) is 5.91 Å². The zero-order valence-electron chi connectivity index (χ0n) is 19.0. The molecule has 0 saturated carbocycles. The van der Waals surface area contributed by atoms with E-state index < -0.39 is 10.0 Å². The zero-order valence-corrected chi connectivity index (χ0v) is 19.8. The topological polar surface area (TPSA) is 95.6 Å². The molecule has 2 aromatic carbocycles. The van der Waals surface area contributed by atoms with E-state index in [4.69, 9.17) is 0 Å². The number of amides is 2. The van der Waals surface area contributed by atoms with Gasteiger partial charge in [0.15, 0.2) is 0 Å². The monoisotopic (exact) mass is 469 g/mol. The van der Waals surface area contributed by atoms with Crippen LogP contribution in [0.3, 0.4) is 0 Å². The highest BCUT2D eigenvalue weighted by Gasteiger charge is 2.33. The van der Waals surface area contributed by atoms with E-state index in [1.54, 1.807) is 30.3 Å². The van der Waals surface area contributed by atoms with Crippen molar-refractivity contribution in [3.8, 4) is 0 Å². The highest BCUT2D eigenvalue weighted by atomic mass is 32.2. The SMILES string of the molecule is CCCNC(=O)c1ccccc1NC(=O)C1CCN(S(=O)(=O)c2ccc3c(c2)CCC3)CC1. The lowest BCUT2D eigenvalue weighted by atomic mass is 9.97. The number of hydrogen-bond donors (Lipinski definition) is 2. The normalized spacial score (nSPS) is 16.9. The fourth-order valence-electron chi connectivity index (χ4n) is 4.57. The number of fused-ring (bicyclic) bond motifs is 1. The maximum atomic E-state index is 13.1. The van der Waals surface area contributed by atoms with Gasteiger partial charge >= 0.3 is 0 Å². The van der Waals surface area contributed by atoms with Crippen LogP contribution in [0, 0.1) is 5.92 Å². The van der Waals surface area contributed by atoms with Crippen LogP contribution in [0.1, 0.15) is 54.1 Å². The molecule has 0 spiro atoms. The molecule has 4 rings (SSSR count). The van der Waals surface area contributed by atoms with Crippen LogP contribution in [0.5, 0.6) is 0 Å². The molecule has 176 valence electrons. The summed E-state index contributed by atoms with van der Waals surface area (Å²) in [5.74, 6) is -0.702. The van der Waals surface area contributed by atoms with Gasteiger partial charge in [0.2, 0.25) is 15.9 Å². The molecule has 7 nitrogen and oxygen atoms in total. The third-order valence-electron chi connectivity index (χ3n) is 6.50. The van der Waals surface area contributed by atoms with Crippen molar-refractivity contribution in [2.75, 3.05) is 25.0 Å². The second-order valence-electron chi connectivity index (χ2n) is 8.75. The number of aryl methyl sites for hydroxylation is 2. The number of rotatable bonds is 7. The summed E-state index contributed by atoms with van der Waals surface area (Å²) in [6, 6.07) is 12.4. The van der Waals surface area contributed by atoms with Gasteiger partial charge in [-0.1, -0.05) is 25.1 Å². The van der Waals surface area contributed by atoms with Crippen molar-refractivity contribution in [2.45, 2.75) is 50.3 Å². The van der Waals surface area contributed by atoms with Crippen LogP contribution in [-0.2, 0) is 27.7 Å². The van der Waals surface area contributed by atoms with Crippen LogP contribution >= 0.6 is 0 Å². The van der Waals surface area contributed by atoms with E-state index in [9.17, 15) is 18.0 Å². The zero-order chi connectivity index (χ0) is 23.4. The molecule has 2 aliphatic rings. The Kier molecular flexibility index (Phi) is 7.14. The van der Waals surface area contributed by atoms with Crippen molar-refractivity contribution in [1.82, 2.24) is 9.62 Å². The summed E-state index contributed by atoms with van der Waals surface area (Å²) in [5, 5.41) is 5.71. The second-order valence-corrected chi connectivity index (χ2v) is 10.7. The molecular formula is C25H31N3O4S. The minimum absolute atomic E-state index is 0.180. The van der Waals surface area contributed by atoms with E-state index in [1.807, 2.05) is 19.1 Å². The average Bonchev–Trinajstić information content (AvgIpc) is 3.31. The van der Waals surface area contributed by atoms with Crippen LogP contribution in [-0.4, -0.2) is 44.2 Å². The number of benzene rings is 2. The number of carbonyl (C=O) groups excluding carboxylic acids is 2. The third-order valence-corrected chi connectivity index (χ3v) is 8.39. The van der Waals surface area contributed by atoms with E-state index in [-0.39, 0.29) is 17.7 Å². The lowest BCUT2D eigenvalue weighted by Crippen LogP contribution is -2.41. The fraction of sp³-hybridized carbons (Fsp3) is 0.440. The smallest absolute Gasteiger partial charge is 0.253 e. The molecule has 2 N–H and O–H groups in total. The lowest BCUT2D eigenvalue weighted by molar-refractivity contribution is -0.120.